The van der Waals surface area contributed by atoms with E-state index in [1.165, 1.54) is 12.1 Å². The summed E-state index contributed by atoms with van der Waals surface area (Å²) >= 11 is 0. The fraction of sp³-hybridized carbons (Fsp3) is 0.154. The number of para-hydroxylation sites is 1. The summed E-state index contributed by atoms with van der Waals surface area (Å²) in [4.78, 5) is 16.5. The van der Waals surface area contributed by atoms with E-state index < -0.39 is 0 Å². The molecule has 3 aromatic carbocycles. The van der Waals surface area contributed by atoms with E-state index in [1.54, 1.807) is 18.3 Å². The zero-order chi connectivity index (χ0) is 22.2. The van der Waals surface area contributed by atoms with Crippen LogP contribution >= 0.6 is 0 Å². The molecular formula is C26H23FN2O3. The lowest BCUT2D eigenvalue weighted by Crippen LogP contribution is -2.23. The first-order valence-electron chi connectivity index (χ1n) is 10.4. The van der Waals surface area contributed by atoms with Gasteiger partial charge in [0.2, 0.25) is 5.91 Å². The number of ether oxygens (including phenoxy) is 1. The monoisotopic (exact) mass is 430 g/mol. The third-order valence-electron chi connectivity index (χ3n) is 4.93. The second-order valence-corrected chi connectivity index (χ2v) is 7.28. The van der Waals surface area contributed by atoms with Crippen molar-refractivity contribution in [1.29, 1.82) is 0 Å². The number of aromatic nitrogens is 1. The van der Waals surface area contributed by atoms with E-state index in [4.69, 9.17) is 9.15 Å². The predicted molar refractivity (Wildman–Crippen MR) is 119 cm³/mol. The maximum absolute atomic E-state index is 13.1. The van der Waals surface area contributed by atoms with Crippen LogP contribution in [0.5, 0.6) is 5.75 Å². The molecule has 0 bridgehead atoms. The molecule has 0 spiro atoms. The SMILES string of the molecule is O=C(CCc1ncc(-c2ccc(F)cc2)o1)NCc1ccccc1OCc1ccccc1. The number of hydrogen-bond acceptors (Lipinski definition) is 4. The number of oxazole rings is 1. The maximum atomic E-state index is 13.1. The molecular weight excluding hydrogens is 407 g/mol. The molecule has 1 aromatic heterocycles. The average Bonchev–Trinajstić information content (AvgIpc) is 3.31. The summed E-state index contributed by atoms with van der Waals surface area (Å²) in [6.07, 6.45) is 2.20. The fourth-order valence-electron chi connectivity index (χ4n) is 3.20. The lowest BCUT2D eigenvalue weighted by atomic mass is 10.2. The smallest absolute Gasteiger partial charge is 0.220 e. The number of nitrogens with zero attached hydrogens (tertiary/aromatic N) is 1. The van der Waals surface area contributed by atoms with Crippen molar-refractivity contribution in [2.75, 3.05) is 0 Å². The Labute approximate surface area is 185 Å². The molecule has 1 N–H and O–H groups in total. The van der Waals surface area contributed by atoms with Crippen molar-refractivity contribution in [2.24, 2.45) is 0 Å². The van der Waals surface area contributed by atoms with E-state index in [0.717, 1.165) is 22.4 Å². The minimum atomic E-state index is -0.308. The van der Waals surface area contributed by atoms with Crippen molar-refractivity contribution >= 4 is 5.91 Å². The molecule has 4 rings (SSSR count). The van der Waals surface area contributed by atoms with Crippen molar-refractivity contribution < 1.29 is 18.3 Å². The fourth-order valence-corrected chi connectivity index (χ4v) is 3.20. The molecule has 0 aliphatic rings. The Kier molecular flexibility index (Phi) is 6.92. The highest BCUT2D eigenvalue weighted by atomic mass is 19.1. The quantitative estimate of drug-likeness (QED) is 0.391. The Morgan fingerprint density at radius 2 is 1.72 bits per heavy atom. The number of carbonyl (C=O) groups is 1. The number of benzene rings is 3. The summed E-state index contributed by atoms with van der Waals surface area (Å²) in [7, 11) is 0. The highest BCUT2D eigenvalue weighted by Gasteiger charge is 2.10. The number of carbonyl (C=O) groups excluding carboxylic acids is 1. The van der Waals surface area contributed by atoms with Crippen molar-refractivity contribution in [3.05, 3.63) is 108 Å². The number of aryl methyl sites for hydroxylation is 1. The highest BCUT2D eigenvalue weighted by molar-refractivity contribution is 5.76. The van der Waals surface area contributed by atoms with Crippen molar-refractivity contribution in [1.82, 2.24) is 10.3 Å². The molecule has 0 aliphatic heterocycles. The molecule has 0 unspecified atom stereocenters. The molecule has 6 heteroatoms. The van der Waals surface area contributed by atoms with Gasteiger partial charge in [-0.15, -0.1) is 0 Å². The summed E-state index contributed by atoms with van der Waals surface area (Å²) in [5, 5.41) is 2.92. The van der Waals surface area contributed by atoms with Crippen molar-refractivity contribution in [3.63, 3.8) is 0 Å². The lowest BCUT2D eigenvalue weighted by molar-refractivity contribution is -0.121. The molecule has 0 saturated carbocycles. The maximum Gasteiger partial charge on any atom is 0.220 e. The van der Waals surface area contributed by atoms with Gasteiger partial charge in [0.25, 0.3) is 0 Å². The summed E-state index contributed by atoms with van der Waals surface area (Å²) in [5.41, 5.74) is 2.73. The second-order valence-electron chi connectivity index (χ2n) is 7.28. The largest absolute Gasteiger partial charge is 0.489 e. The molecule has 0 atom stereocenters. The van der Waals surface area contributed by atoms with Crippen LogP contribution < -0.4 is 10.1 Å². The lowest BCUT2D eigenvalue weighted by Gasteiger charge is -2.12. The molecule has 0 fully saturated rings. The number of nitrogens with one attached hydrogen (secondary N) is 1. The van der Waals surface area contributed by atoms with Crippen LogP contribution in [0.2, 0.25) is 0 Å². The average molecular weight is 430 g/mol. The van der Waals surface area contributed by atoms with Crippen LogP contribution in [-0.4, -0.2) is 10.9 Å². The van der Waals surface area contributed by atoms with E-state index in [2.05, 4.69) is 10.3 Å². The molecule has 0 radical (unpaired) electrons. The Morgan fingerprint density at radius 1 is 0.969 bits per heavy atom. The van der Waals surface area contributed by atoms with Crippen LogP contribution in [-0.2, 0) is 24.4 Å². The van der Waals surface area contributed by atoms with Crippen LogP contribution in [0, 0.1) is 5.82 Å². The summed E-state index contributed by atoms with van der Waals surface area (Å²) in [6.45, 7) is 0.836. The first-order chi connectivity index (χ1) is 15.7. The third kappa shape index (κ3) is 5.82. The van der Waals surface area contributed by atoms with Gasteiger partial charge in [-0.05, 0) is 35.9 Å². The van der Waals surface area contributed by atoms with Crippen LogP contribution in [0.4, 0.5) is 4.39 Å². The van der Waals surface area contributed by atoms with Crippen LogP contribution in [0.3, 0.4) is 0 Å². The van der Waals surface area contributed by atoms with E-state index >= 15 is 0 Å². The van der Waals surface area contributed by atoms with Gasteiger partial charge in [-0.3, -0.25) is 4.79 Å². The molecule has 162 valence electrons. The van der Waals surface area contributed by atoms with Gasteiger partial charge in [-0.25, -0.2) is 9.37 Å². The molecule has 5 nitrogen and oxygen atoms in total. The standard InChI is InChI=1S/C26H23FN2O3/c27-22-12-10-20(11-13-22)24-17-29-26(32-24)15-14-25(30)28-16-21-8-4-5-9-23(21)31-18-19-6-2-1-3-7-19/h1-13,17H,14-16,18H2,(H,28,30). The van der Waals surface area contributed by atoms with Gasteiger partial charge in [-0.1, -0.05) is 48.5 Å². The normalized spacial score (nSPS) is 10.7. The van der Waals surface area contributed by atoms with E-state index in [-0.39, 0.29) is 18.1 Å². The molecule has 1 amide bonds. The van der Waals surface area contributed by atoms with E-state index in [0.29, 0.717) is 31.2 Å². The summed E-state index contributed by atoms with van der Waals surface area (Å²) in [6, 6.07) is 23.6. The van der Waals surface area contributed by atoms with Crippen molar-refractivity contribution in [3.8, 4) is 17.1 Å². The first-order valence-corrected chi connectivity index (χ1v) is 10.4. The predicted octanol–water partition coefficient (Wildman–Crippen LogP) is 5.31. The molecule has 1 heterocycles. The third-order valence-corrected chi connectivity index (χ3v) is 4.93. The van der Waals surface area contributed by atoms with Crippen LogP contribution in [0.25, 0.3) is 11.3 Å². The molecule has 0 aliphatic carbocycles. The van der Waals surface area contributed by atoms with E-state index in [1.807, 2.05) is 54.6 Å². The van der Waals surface area contributed by atoms with Crippen molar-refractivity contribution in [2.45, 2.75) is 26.0 Å². The molecule has 4 aromatic rings. The Hall–Kier alpha value is -3.93. The molecule has 0 saturated heterocycles. The van der Waals surface area contributed by atoms with Gasteiger partial charge in [0.1, 0.15) is 18.2 Å². The van der Waals surface area contributed by atoms with Crippen LogP contribution in [0.15, 0.2) is 89.5 Å². The number of halogens is 1. The van der Waals surface area contributed by atoms with Gasteiger partial charge >= 0.3 is 0 Å². The minimum Gasteiger partial charge on any atom is -0.489 e. The zero-order valence-electron chi connectivity index (χ0n) is 17.5. The highest BCUT2D eigenvalue weighted by Crippen LogP contribution is 2.22. The number of amides is 1. The van der Waals surface area contributed by atoms with Gasteiger partial charge < -0.3 is 14.5 Å². The Morgan fingerprint density at radius 3 is 2.53 bits per heavy atom. The number of rotatable bonds is 9. The summed E-state index contributed by atoms with van der Waals surface area (Å²) in [5.74, 6) is 1.34. The van der Waals surface area contributed by atoms with Gasteiger partial charge in [-0.2, -0.15) is 0 Å². The minimum absolute atomic E-state index is 0.107. The Bertz CT molecular complexity index is 1160. The van der Waals surface area contributed by atoms with Gasteiger partial charge in [0, 0.05) is 30.5 Å². The second kappa shape index (κ2) is 10.4. The summed E-state index contributed by atoms with van der Waals surface area (Å²) < 4.78 is 24.7. The topological polar surface area (TPSA) is 64.4 Å². The van der Waals surface area contributed by atoms with Gasteiger partial charge in [0.05, 0.1) is 6.20 Å². The first kappa shape index (κ1) is 21.3. The van der Waals surface area contributed by atoms with E-state index in [9.17, 15) is 9.18 Å². The van der Waals surface area contributed by atoms with Crippen LogP contribution in [0.1, 0.15) is 23.4 Å². The van der Waals surface area contributed by atoms with Gasteiger partial charge in [0.15, 0.2) is 11.7 Å². The number of hydrogen-bond donors (Lipinski definition) is 1. The Balaban J connectivity index is 1.27. The zero-order valence-corrected chi connectivity index (χ0v) is 17.5. The molecule has 32 heavy (non-hydrogen) atoms.